The summed E-state index contributed by atoms with van der Waals surface area (Å²) in [7, 11) is 0. The number of carbonyl (C=O) groups excluding carboxylic acids is 2. The lowest BCUT2D eigenvalue weighted by atomic mass is 9.87. The molecule has 0 unspecified atom stereocenters. The second kappa shape index (κ2) is 23.0. The number of carbonyl (C=O) groups is 4. The number of carboxylic acids is 2. The number of hydrogen-bond acceptors (Lipinski definition) is 25. The lowest BCUT2D eigenvalue weighted by molar-refractivity contribution is -0.380. The highest BCUT2D eigenvalue weighted by Gasteiger charge is 2.62. The number of hydrogen-bond donors (Lipinski definition) is 19. The average molecular weight is 927 g/mol. The zero-order valence-electron chi connectivity index (χ0n) is 33.6. The van der Waals surface area contributed by atoms with Gasteiger partial charge in [0, 0.05) is 26.7 Å². The van der Waals surface area contributed by atoms with Crippen LogP contribution in [-0.2, 0) is 47.6 Å². The van der Waals surface area contributed by atoms with Crippen LogP contribution in [0.5, 0.6) is 0 Å². The van der Waals surface area contributed by atoms with E-state index in [1.165, 1.54) is 0 Å². The fraction of sp³-hybridized carbons (Fsp3) is 0.882. The normalized spacial score (nSPS) is 37.6. The molecule has 0 bridgehead atoms. The molecule has 3 fully saturated rings. The Kier molecular flexibility index (Phi) is 19.8. The third-order valence-electron chi connectivity index (χ3n) is 10.6. The van der Waals surface area contributed by atoms with Crippen molar-refractivity contribution >= 4 is 23.8 Å². The van der Waals surface area contributed by atoms with Gasteiger partial charge in [0.1, 0.15) is 85.5 Å². The smallest absolute Gasteiger partial charge is 0.364 e. The number of aliphatic carboxylic acids is 2. The molecule has 21 atom stereocenters. The van der Waals surface area contributed by atoms with Crippen LogP contribution in [0.2, 0.25) is 0 Å². The van der Waals surface area contributed by atoms with Gasteiger partial charge in [-0.25, -0.2) is 9.59 Å². The molecule has 3 rings (SSSR count). The van der Waals surface area contributed by atoms with Gasteiger partial charge in [-0.05, 0) is 0 Å². The second-order valence-electron chi connectivity index (χ2n) is 15.2. The molecule has 0 aromatic heterocycles. The van der Waals surface area contributed by atoms with Crippen molar-refractivity contribution in [3.63, 3.8) is 0 Å². The number of ether oxygens (including phenoxy) is 6. The topological polar surface area (TPSA) is 492 Å². The molecule has 0 aromatic carbocycles. The summed E-state index contributed by atoms with van der Waals surface area (Å²) in [6, 6.07) is -3.59. The number of rotatable bonds is 22. The Balaban J connectivity index is 2.09. The van der Waals surface area contributed by atoms with E-state index >= 15 is 0 Å². The number of nitrogens with one attached hydrogen (secondary N) is 2. The van der Waals surface area contributed by atoms with Crippen molar-refractivity contribution in [3.8, 4) is 0 Å². The summed E-state index contributed by atoms with van der Waals surface area (Å²) in [5.41, 5.74) is 0. The van der Waals surface area contributed by atoms with Gasteiger partial charge in [-0.1, -0.05) is 0 Å². The Hall–Kier alpha value is -2.96. The summed E-state index contributed by atoms with van der Waals surface area (Å²) in [6.45, 7) is -4.14. The highest BCUT2D eigenvalue weighted by atomic mass is 16.8. The summed E-state index contributed by atoms with van der Waals surface area (Å²) >= 11 is 0. The average Bonchev–Trinajstić information content (AvgIpc) is 3.23. The van der Waals surface area contributed by atoms with E-state index in [0.717, 1.165) is 13.8 Å². The Bertz CT molecular complexity index is 1520. The molecule has 0 radical (unpaired) electrons. The summed E-state index contributed by atoms with van der Waals surface area (Å²) in [5, 5.41) is 182. The maximum Gasteiger partial charge on any atom is 0.364 e. The predicted octanol–water partition coefficient (Wildman–Crippen LogP) is -11.4. The Morgan fingerprint density at radius 2 is 1.14 bits per heavy atom. The van der Waals surface area contributed by atoms with Crippen LogP contribution in [0.25, 0.3) is 0 Å². The maximum atomic E-state index is 13.1. The van der Waals surface area contributed by atoms with Crippen molar-refractivity contribution in [2.45, 2.75) is 154 Å². The van der Waals surface area contributed by atoms with Crippen LogP contribution in [0.1, 0.15) is 26.7 Å². The first-order valence-electron chi connectivity index (χ1n) is 19.3. The Morgan fingerprint density at radius 3 is 1.59 bits per heavy atom. The van der Waals surface area contributed by atoms with Crippen molar-refractivity contribution in [1.82, 2.24) is 10.6 Å². The first-order valence-corrected chi connectivity index (χ1v) is 19.3. The Labute approximate surface area is 356 Å². The van der Waals surface area contributed by atoms with Gasteiger partial charge in [-0.2, -0.15) is 0 Å². The van der Waals surface area contributed by atoms with Crippen molar-refractivity contribution in [2.24, 2.45) is 0 Å². The van der Waals surface area contributed by atoms with Crippen LogP contribution in [0.3, 0.4) is 0 Å². The van der Waals surface area contributed by atoms with E-state index < -0.39 is 197 Å². The van der Waals surface area contributed by atoms with Crippen molar-refractivity contribution in [2.75, 3.05) is 33.0 Å². The van der Waals surface area contributed by atoms with Gasteiger partial charge < -0.3 is 126 Å². The van der Waals surface area contributed by atoms with Gasteiger partial charge in [0.2, 0.25) is 11.8 Å². The minimum absolute atomic E-state index is 0.844. The lowest BCUT2D eigenvalue weighted by Crippen LogP contribution is -2.71. The maximum absolute atomic E-state index is 13.1. The second-order valence-corrected chi connectivity index (χ2v) is 15.2. The van der Waals surface area contributed by atoms with E-state index in [0.29, 0.717) is 0 Å². The third-order valence-corrected chi connectivity index (χ3v) is 10.6. The standard InChI is InChI=1S/C34H58N2O27/c1-10(42)35-19-12(44)3-33(31(54)55,61-27(19)22(50)15(47)6-38)60-18(9-41)24(52)28-20(36-11(2)43)13(45)4-34(62-28,32(56)57)63-29-23(51)17(8-40)58-30(25(29)53)59-26(16(48)7-39)21(49)14(46)5-37/h12-30,37-41,44-53H,3-9H2,1-2H3,(H,35,42)(H,36,43)(H,54,55)(H,56,57)/t12-,13-,14-,15+,16+,17+,18+,19+,20+,21+,22+,23-,24+,25+,26+,27+,28+,29-,30-,33+,34-/m0/s1. The molecule has 0 saturated carbocycles. The fourth-order valence-corrected chi connectivity index (χ4v) is 7.35. The van der Waals surface area contributed by atoms with Crippen LogP contribution < -0.4 is 10.6 Å². The highest BCUT2D eigenvalue weighted by molar-refractivity contribution is 5.77. The van der Waals surface area contributed by atoms with Crippen molar-refractivity contribution in [3.05, 3.63) is 0 Å². The fourth-order valence-electron chi connectivity index (χ4n) is 7.35. The van der Waals surface area contributed by atoms with Gasteiger partial charge in [0.05, 0.1) is 57.3 Å². The summed E-state index contributed by atoms with van der Waals surface area (Å²) in [5.74, 6) is -12.7. The summed E-state index contributed by atoms with van der Waals surface area (Å²) in [6.07, 6.45) is -40.1. The Morgan fingerprint density at radius 1 is 0.667 bits per heavy atom. The molecule has 2 amide bonds. The first kappa shape index (κ1) is 54.4. The van der Waals surface area contributed by atoms with Crippen LogP contribution in [-0.4, -0.2) is 271 Å². The molecule has 29 nitrogen and oxygen atoms in total. The first-order chi connectivity index (χ1) is 29.4. The molecule has 366 valence electrons. The van der Waals surface area contributed by atoms with Gasteiger partial charge in [0.15, 0.2) is 6.29 Å². The molecule has 3 heterocycles. The number of carboxylic acid groups (broad SMARTS) is 2. The molecule has 3 saturated heterocycles. The minimum atomic E-state index is -3.37. The predicted molar refractivity (Wildman–Crippen MR) is 194 cm³/mol. The van der Waals surface area contributed by atoms with Crippen LogP contribution in [0.4, 0.5) is 0 Å². The highest BCUT2D eigenvalue weighted by Crippen LogP contribution is 2.40. The zero-order valence-corrected chi connectivity index (χ0v) is 33.6. The monoisotopic (exact) mass is 926 g/mol. The molecule has 0 spiro atoms. The summed E-state index contributed by atoms with van der Waals surface area (Å²) in [4.78, 5) is 50.2. The molecular weight excluding hydrogens is 868 g/mol. The third kappa shape index (κ3) is 12.3. The van der Waals surface area contributed by atoms with Gasteiger partial charge in [-0.15, -0.1) is 0 Å². The van der Waals surface area contributed by atoms with E-state index in [-0.39, 0.29) is 0 Å². The molecule has 3 aliphatic heterocycles. The SMILES string of the molecule is CC(=O)N[C@H]1[C@H]([C@H](O)[C@H](O)CO)O[C@@](O[C@H](CO)[C@@H](O)[C@@H]2O[C@@](O[C@H]3[C@@H](O)[C@@H](CO)O[C@@H](O[C@@H]([C@H](O)[C@@H](O)CO)[C@H](O)CO)[C@@H]3O)(C(=O)O)C[C@H](O)[C@H]2NC(C)=O)(C(=O)O)C[C@@H]1O. The molecule has 29 heteroatoms. The van der Waals surface area contributed by atoms with Crippen LogP contribution in [0.15, 0.2) is 0 Å². The van der Waals surface area contributed by atoms with Gasteiger partial charge in [-0.3, -0.25) is 9.59 Å². The van der Waals surface area contributed by atoms with Gasteiger partial charge >= 0.3 is 11.9 Å². The van der Waals surface area contributed by atoms with Gasteiger partial charge in [0.25, 0.3) is 11.6 Å². The minimum Gasteiger partial charge on any atom is -0.477 e. The molecular formula is C34H58N2O27. The van der Waals surface area contributed by atoms with E-state index in [2.05, 4.69) is 10.6 Å². The summed E-state index contributed by atoms with van der Waals surface area (Å²) < 4.78 is 33.1. The quantitative estimate of drug-likeness (QED) is 0.0479. The lowest BCUT2D eigenvalue weighted by Gasteiger charge is -2.51. The largest absolute Gasteiger partial charge is 0.477 e. The van der Waals surface area contributed by atoms with E-state index in [1.807, 2.05) is 0 Å². The van der Waals surface area contributed by atoms with Crippen molar-refractivity contribution < 1.29 is 134 Å². The number of aliphatic hydroxyl groups is 15. The molecule has 63 heavy (non-hydrogen) atoms. The zero-order chi connectivity index (χ0) is 47.9. The number of aliphatic hydroxyl groups excluding tert-OH is 15. The van der Waals surface area contributed by atoms with Crippen LogP contribution in [0, 0.1) is 0 Å². The molecule has 3 aliphatic rings. The van der Waals surface area contributed by atoms with Crippen molar-refractivity contribution in [1.29, 1.82) is 0 Å². The van der Waals surface area contributed by atoms with E-state index in [1.54, 1.807) is 0 Å². The molecule has 0 aliphatic carbocycles. The number of amides is 2. The van der Waals surface area contributed by atoms with E-state index in [4.69, 9.17) is 28.4 Å². The molecule has 19 N–H and O–H groups in total. The van der Waals surface area contributed by atoms with E-state index in [9.17, 15) is 106 Å². The molecule has 0 aromatic rings. The van der Waals surface area contributed by atoms with Crippen LogP contribution >= 0.6 is 0 Å².